The number of aromatic nitrogens is 2. The zero-order valence-corrected chi connectivity index (χ0v) is 13.8. The van der Waals surface area contributed by atoms with E-state index >= 15 is 0 Å². The van der Waals surface area contributed by atoms with Crippen molar-refractivity contribution in [1.29, 1.82) is 0 Å². The third-order valence-corrected chi connectivity index (χ3v) is 4.08. The number of nitrogens with zero attached hydrogens (tertiary/aromatic N) is 2. The third kappa shape index (κ3) is 4.06. The molecule has 8 heteroatoms. The number of nitrogens with one attached hydrogen (secondary N) is 1. The second-order valence-corrected chi connectivity index (χ2v) is 5.98. The van der Waals surface area contributed by atoms with E-state index in [0.717, 1.165) is 5.56 Å². The Morgan fingerprint density at radius 2 is 2.12 bits per heavy atom. The Hall–Kier alpha value is -2.51. The first-order chi connectivity index (χ1) is 11.6. The van der Waals surface area contributed by atoms with Gasteiger partial charge in [0.2, 0.25) is 5.95 Å². The third-order valence-electron chi connectivity index (χ3n) is 3.02. The molecule has 1 amide bonds. The highest BCUT2D eigenvalue weighted by atomic mass is 35.5. The van der Waals surface area contributed by atoms with Crippen molar-refractivity contribution in [3.8, 4) is 11.3 Å². The van der Waals surface area contributed by atoms with Crippen molar-refractivity contribution in [1.82, 2.24) is 9.97 Å². The molecule has 0 saturated carbocycles. The van der Waals surface area contributed by atoms with Crippen LogP contribution in [0.3, 0.4) is 0 Å². The van der Waals surface area contributed by atoms with Crippen molar-refractivity contribution < 1.29 is 13.9 Å². The molecule has 0 radical (unpaired) electrons. The quantitative estimate of drug-likeness (QED) is 0.679. The van der Waals surface area contributed by atoms with Crippen LogP contribution in [-0.4, -0.2) is 16.1 Å². The molecule has 2 aromatic heterocycles. The number of anilines is 1. The van der Waals surface area contributed by atoms with Crippen molar-refractivity contribution >= 4 is 34.2 Å². The van der Waals surface area contributed by atoms with Crippen LogP contribution in [-0.2, 0) is 11.3 Å². The highest BCUT2D eigenvalue weighted by Gasteiger charge is 2.12. The van der Waals surface area contributed by atoms with Crippen molar-refractivity contribution in [3.63, 3.8) is 0 Å². The molecule has 0 aliphatic rings. The van der Waals surface area contributed by atoms with Crippen LogP contribution >= 0.6 is 22.9 Å². The second kappa shape index (κ2) is 7.37. The molecule has 0 spiro atoms. The minimum atomic E-state index is -0.654. The van der Waals surface area contributed by atoms with Crippen molar-refractivity contribution in [2.45, 2.75) is 6.61 Å². The van der Waals surface area contributed by atoms with Gasteiger partial charge in [0.1, 0.15) is 6.61 Å². The topological polar surface area (TPSA) is 64.1 Å². The number of benzene rings is 1. The first-order valence-corrected chi connectivity index (χ1v) is 8.12. The van der Waals surface area contributed by atoms with E-state index in [2.05, 4.69) is 15.3 Å². The summed E-state index contributed by atoms with van der Waals surface area (Å²) in [6, 6.07) is 10.5. The van der Waals surface area contributed by atoms with E-state index in [1.54, 1.807) is 5.38 Å². The van der Waals surface area contributed by atoms with Gasteiger partial charge in [-0.15, -0.1) is 11.3 Å². The number of thiazole rings is 1. The second-order valence-electron chi connectivity index (χ2n) is 4.71. The Kier molecular flexibility index (Phi) is 5.02. The number of hydrogen-bond acceptors (Lipinski definition) is 5. The lowest BCUT2D eigenvalue weighted by molar-refractivity contribution is 0.155. The lowest BCUT2D eigenvalue weighted by atomic mass is 10.2. The summed E-state index contributed by atoms with van der Waals surface area (Å²) in [5, 5.41) is 4.80. The average molecular weight is 364 g/mol. The molecule has 2 heterocycles. The summed E-state index contributed by atoms with van der Waals surface area (Å²) in [6.07, 6.45) is 0.596. The van der Waals surface area contributed by atoms with E-state index in [1.807, 2.05) is 30.3 Å². The first-order valence-electron chi connectivity index (χ1n) is 6.86. The fourth-order valence-corrected chi connectivity index (χ4v) is 2.81. The molecule has 1 N–H and O–H groups in total. The predicted octanol–water partition coefficient (Wildman–Crippen LogP) is 4.75. The smallest absolute Gasteiger partial charge is 0.413 e. The van der Waals surface area contributed by atoms with E-state index in [1.165, 1.54) is 23.6 Å². The van der Waals surface area contributed by atoms with Gasteiger partial charge in [0.15, 0.2) is 5.13 Å². The fraction of sp³-hybridized carbons (Fsp3) is 0.0625. The Bertz CT molecular complexity index is 858. The van der Waals surface area contributed by atoms with E-state index < -0.39 is 12.0 Å². The summed E-state index contributed by atoms with van der Waals surface area (Å²) in [5.41, 5.74) is 1.74. The van der Waals surface area contributed by atoms with Crippen LogP contribution in [0.2, 0.25) is 5.02 Å². The Labute approximate surface area is 146 Å². The van der Waals surface area contributed by atoms with Crippen LogP contribution in [0, 0.1) is 5.95 Å². The summed E-state index contributed by atoms with van der Waals surface area (Å²) < 4.78 is 18.3. The van der Waals surface area contributed by atoms with Gasteiger partial charge in [0.25, 0.3) is 0 Å². The number of carbonyl (C=O) groups is 1. The maximum absolute atomic E-state index is 13.2. The van der Waals surface area contributed by atoms with E-state index in [4.69, 9.17) is 16.3 Å². The summed E-state index contributed by atoms with van der Waals surface area (Å²) in [4.78, 5) is 19.5. The highest BCUT2D eigenvalue weighted by Crippen LogP contribution is 2.30. The van der Waals surface area contributed by atoms with Crippen LogP contribution < -0.4 is 5.32 Å². The summed E-state index contributed by atoms with van der Waals surface area (Å²) in [6.45, 7) is 0.159. The molecule has 0 aliphatic carbocycles. The minimum Gasteiger partial charge on any atom is -0.444 e. The molecule has 5 nitrogen and oxygen atoms in total. The number of carbonyl (C=O) groups excluding carboxylic acids is 1. The average Bonchev–Trinajstić information content (AvgIpc) is 3.04. The molecule has 3 aromatic rings. The largest absolute Gasteiger partial charge is 0.444 e. The number of amides is 1. The Morgan fingerprint density at radius 1 is 1.33 bits per heavy atom. The minimum absolute atomic E-state index is 0.159. The molecule has 0 atom stereocenters. The maximum atomic E-state index is 13.2. The lowest BCUT2D eigenvalue weighted by Crippen LogP contribution is -2.13. The van der Waals surface area contributed by atoms with Gasteiger partial charge in [-0.2, -0.15) is 4.39 Å². The molecule has 0 bridgehead atoms. The van der Waals surface area contributed by atoms with Crippen LogP contribution in [0.1, 0.15) is 5.56 Å². The van der Waals surface area contributed by atoms with Gasteiger partial charge in [-0.05, 0) is 5.56 Å². The van der Waals surface area contributed by atoms with Gasteiger partial charge >= 0.3 is 6.09 Å². The van der Waals surface area contributed by atoms with Gasteiger partial charge in [0.05, 0.1) is 10.7 Å². The maximum Gasteiger partial charge on any atom is 0.413 e. The van der Waals surface area contributed by atoms with E-state index in [9.17, 15) is 9.18 Å². The zero-order valence-electron chi connectivity index (χ0n) is 12.2. The van der Waals surface area contributed by atoms with E-state index in [-0.39, 0.29) is 11.6 Å². The number of hydrogen-bond donors (Lipinski definition) is 1. The molecule has 122 valence electrons. The van der Waals surface area contributed by atoms with Gasteiger partial charge < -0.3 is 4.74 Å². The van der Waals surface area contributed by atoms with Gasteiger partial charge in [-0.25, -0.2) is 14.8 Å². The molecule has 0 fully saturated rings. The van der Waals surface area contributed by atoms with Crippen LogP contribution in [0.25, 0.3) is 11.3 Å². The molecule has 0 aliphatic heterocycles. The number of halogens is 2. The van der Waals surface area contributed by atoms with Crippen molar-refractivity contribution in [2.75, 3.05) is 5.32 Å². The number of ether oxygens (including phenoxy) is 1. The Balaban J connectivity index is 1.63. The molecule has 0 saturated heterocycles. The predicted molar refractivity (Wildman–Crippen MR) is 90.6 cm³/mol. The van der Waals surface area contributed by atoms with Gasteiger partial charge in [0, 0.05) is 23.2 Å². The van der Waals surface area contributed by atoms with Crippen molar-refractivity contribution in [2.24, 2.45) is 0 Å². The standard InChI is InChI=1S/C16H11ClFN3O2S/c17-12-7-19-14(18)6-11(12)13-9-24-15(20-13)21-16(22)23-8-10-4-2-1-3-5-10/h1-7,9H,8H2,(H,20,21,22). The summed E-state index contributed by atoms with van der Waals surface area (Å²) in [5.74, 6) is -0.654. The molecule has 24 heavy (non-hydrogen) atoms. The monoisotopic (exact) mass is 363 g/mol. The van der Waals surface area contributed by atoms with Gasteiger partial charge in [-0.1, -0.05) is 41.9 Å². The fourth-order valence-electron chi connectivity index (χ4n) is 1.91. The molecular formula is C16H11ClFN3O2S. The SMILES string of the molecule is O=C(Nc1nc(-c2cc(F)ncc2Cl)cs1)OCc1ccccc1. The normalized spacial score (nSPS) is 10.4. The zero-order chi connectivity index (χ0) is 16.9. The summed E-state index contributed by atoms with van der Waals surface area (Å²) in [7, 11) is 0. The molecule has 1 aromatic carbocycles. The first kappa shape index (κ1) is 16.4. The van der Waals surface area contributed by atoms with Crippen LogP contribution in [0.15, 0.2) is 48.0 Å². The van der Waals surface area contributed by atoms with Crippen molar-refractivity contribution in [3.05, 3.63) is 64.5 Å². The summed E-state index contributed by atoms with van der Waals surface area (Å²) >= 11 is 7.17. The van der Waals surface area contributed by atoms with Gasteiger partial charge in [-0.3, -0.25) is 5.32 Å². The number of pyridine rings is 1. The van der Waals surface area contributed by atoms with Crippen LogP contribution in [0.5, 0.6) is 0 Å². The molecular weight excluding hydrogens is 353 g/mol. The highest BCUT2D eigenvalue weighted by molar-refractivity contribution is 7.14. The lowest BCUT2D eigenvalue weighted by Gasteiger charge is -2.04. The van der Waals surface area contributed by atoms with E-state index in [0.29, 0.717) is 16.4 Å². The molecule has 0 unspecified atom stereocenters. The Morgan fingerprint density at radius 3 is 2.92 bits per heavy atom. The van der Waals surface area contributed by atoms with Crippen LogP contribution in [0.4, 0.5) is 14.3 Å². The molecule has 3 rings (SSSR count). The number of rotatable bonds is 4.